The molecule has 408 valence electrons. The van der Waals surface area contributed by atoms with Crippen LogP contribution in [0.25, 0.3) is 24.3 Å². The molecule has 0 radical (unpaired) electrons. The fourth-order valence-corrected chi connectivity index (χ4v) is 13.3. The van der Waals surface area contributed by atoms with Crippen LogP contribution >= 0.6 is 0 Å². The molecule has 0 N–H and O–H groups in total. The van der Waals surface area contributed by atoms with Gasteiger partial charge in [0.2, 0.25) is 0 Å². The molecule has 4 amide bonds. The Hall–Kier alpha value is -7.40. The van der Waals surface area contributed by atoms with E-state index in [4.69, 9.17) is 18.9 Å². The van der Waals surface area contributed by atoms with E-state index in [1.807, 2.05) is 48.5 Å². The van der Waals surface area contributed by atoms with Crippen LogP contribution in [-0.4, -0.2) is 49.4 Å². The molecular weight excluding hydrogens is 997 g/mol. The molecule has 2 fully saturated rings. The average Bonchev–Trinajstić information content (AvgIpc) is 4.03. The number of ether oxygens (including phenoxy) is 4. The van der Waals surface area contributed by atoms with Gasteiger partial charge < -0.3 is 18.9 Å². The Labute approximate surface area is 468 Å². The van der Waals surface area contributed by atoms with E-state index >= 15 is 0 Å². The van der Waals surface area contributed by atoms with Crippen molar-refractivity contribution in [2.24, 2.45) is 23.7 Å². The third kappa shape index (κ3) is 9.03. The zero-order valence-corrected chi connectivity index (χ0v) is 47.1. The highest BCUT2D eigenvalue weighted by molar-refractivity contribution is 6.36. The lowest BCUT2D eigenvalue weighted by Gasteiger charge is -2.28. The predicted molar refractivity (Wildman–Crippen MR) is 314 cm³/mol. The lowest BCUT2D eigenvalue weighted by molar-refractivity contribution is -0.106. The third-order valence-electron chi connectivity index (χ3n) is 17.6. The molecule has 5 aliphatic carbocycles. The van der Waals surface area contributed by atoms with Crippen LogP contribution in [0.5, 0.6) is 11.5 Å². The Kier molecular flexibility index (Phi) is 13.2. The van der Waals surface area contributed by atoms with Crippen LogP contribution in [0, 0.1) is 23.7 Å². The molecule has 4 aliphatic heterocycles. The first-order valence-corrected chi connectivity index (χ1v) is 29.3. The summed E-state index contributed by atoms with van der Waals surface area (Å²) in [6.45, 7) is 18.1. The van der Waals surface area contributed by atoms with Crippen molar-refractivity contribution in [2.45, 2.75) is 130 Å². The molecule has 9 aliphatic rings. The second-order valence-electron chi connectivity index (χ2n) is 24.4. The number of nitrogens with zero attached hydrogens (tertiary/aromatic N) is 2. The predicted octanol–water partition coefficient (Wildman–Crippen LogP) is 11.8. The number of amides is 4. The summed E-state index contributed by atoms with van der Waals surface area (Å²) in [4.78, 5) is 61.4. The molecule has 0 aromatic heterocycles. The molecular formula is C70H70N2O8. The number of fused-ring (bicyclic) bond motifs is 8. The molecule has 10 heteroatoms. The first-order chi connectivity index (χ1) is 38.6. The Bertz CT molecular complexity index is 3360. The van der Waals surface area contributed by atoms with E-state index in [-0.39, 0.29) is 83.6 Å². The van der Waals surface area contributed by atoms with Gasteiger partial charge in [-0.3, -0.25) is 19.2 Å². The number of anilines is 2. The summed E-state index contributed by atoms with van der Waals surface area (Å²) >= 11 is 0. The smallest absolute Gasteiger partial charge is 0.266 e. The van der Waals surface area contributed by atoms with E-state index in [9.17, 15) is 19.2 Å². The van der Waals surface area contributed by atoms with Gasteiger partial charge in [-0.2, -0.15) is 0 Å². The molecule has 6 unspecified atom stereocenters. The van der Waals surface area contributed by atoms with Gasteiger partial charge in [0, 0.05) is 36.5 Å². The molecule has 10 nitrogen and oxygen atoms in total. The van der Waals surface area contributed by atoms with Crippen LogP contribution in [0.4, 0.5) is 11.4 Å². The van der Waals surface area contributed by atoms with Crippen LogP contribution in [-0.2, 0) is 9.47 Å². The Morgan fingerprint density at radius 1 is 0.388 bits per heavy atom. The van der Waals surface area contributed by atoms with E-state index in [2.05, 4.69) is 128 Å². The van der Waals surface area contributed by atoms with Gasteiger partial charge in [-0.15, -0.1) is 0 Å². The van der Waals surface area contributed by atoms with Crippen molar-refractivity contribution in [1.29, 1.82) is 0 Å². The second-order valence-corrected chi connectivity index (χ2v) is 24.4. The second kappa shape index (κ2) is 20.3. The summed E-state index contributed by atoms with van der Waals surface area (Å²) in [5.74, 6) is 0.462. The number of hydrogen-bond donors (Lipinski definition) is 0. The van der Waals surface area contributed by atoms with Crippen molar-refractivity contribution in [1.82, 2.24) is 0 Å². The molecule has 0 saturated carbocycles. The van der Waals surface area contributed by atoms with E-state index in [0.29, 0.717) is 58.3 Å². The fourth-order valence-electron chi connectivity index (χ4n) is 13.3. The lowest BCUT2D eigenvalue weighted by Crippen LogP contribution is -2.34. The third-order valence-corrected chi connectivity index (χ3v) is 17.6. The van der Waals surface area contributed by atoms with Crippen molar-refractivity contribution in [3.8, 4) is 11.5 Å². The van der Waals surface area contributed by atoms with Gasteiger partial charge in [0.25, 0.3) is 23.6 Å². The summed E-state index contributed by atoms with van der Waals surface area (Å²) in [6.07, 6.45) is 32.3. The highest BCUT2D eigenvalue weighted by Crippen LogP contribution is 2.45. The number of rotatable bonds is 10. The average molecular weight is 1070 g/mol. The van der Waals surface area contributed by atoms with Crippen molar-refractivity contribution < 1.29 is 38.1 Å². The van der Waals surface area contributed by atoms with Crippen molar-refractivity contribution >= 4 is 59.3 Å². The molecule has 80 heavy (non-hydrogen) atoms. The number of carbonyl (C=O) groups is 4. The van der Waals surface area contributed by atoms with Crippen molar-refractivity contribution in [2.75, 3.05) is 23.0 Å². The van der Waals surface area contributed by atoms with E-state index in [0.717, 1.165) is 104 Å². The van der Waals surface area contributed by atoms with Crippen molar-refractivity contribution in [3.05, 3.63) is 185 Å². The number of carbonyl (C=O) groups excluding carboxylic acids is 4. The standard InChI is InChI=1S/C70H70N2O8/c1-37(2)55-33-53(79-63-13-9-11-19-77-63)34-56(38(3)4)65(55)71-67(73)59-29-49-25-45-21-41-15-17-43-23-47-27-51-31-61-62(32-52(51)28-48(47)24-44(43)18-16-42(41)22-46(45)26-50(49)30-60(59)68(71)74)70(76)72(69(61)75)66-57(39(5)6)35-54(36-58(66)40(7)8)80-64-14-10-12-20-78-64/h15-18,21-40,45-48,63-64H,9-14,19-20H2,1-8H3/b17-15-,18-16-. The Balaban J connectivity index is 0.780. The monoisotopic (exact) mass is 1070 g/mol. The lowest BCUT2D eigenvalue weighted by atomic mass is 9.75. The molecule has 2 saturated heterocycles. The highest BCUT2D eigenvalue weighted by atomic mass is 16.7. The van der Waals surface area contributed by atoms with Crippen LogP contribution in [0.1, 0.15) is 181 Å². The van der Waals surface area contributed by atoms with Crippen LogP contribution in [0.15, 0.2) is 119 Å². The van der Waals surface area contributed by atoms with Crippen LogP contribution in [0.2, 0.25) is 0 Å². The molecule has 4 aromatic carbocycles. The highest BCUT2D eigenvalue weighted by Gasteiger charge is 2.42. The number of hydrogen-bond acceptors (Lipinski definition) is 8. The maximum atomic E-state index is 14.6. The summed E-state index contributed by atoms with van der Waals surface area (Å²) in [5, 5.41) is 3.78. The summed E-state index contributed by atoms with van der Waals surface area (Å²) in [5.41, 5.74) is 11.1. The molecule has 4 aromatic rings. The minimum absolute atomic E-state index is 0.0159. The number of benzene rings is 4. The van der Waals surface area contributed by atoms with Gasteiger partial charge in [-0.25, -0.2) is 9.80 Å². The molecule has 0 bridgehead atoms. The quantitative estimate of drug-likeness (QED) is 0.144. The number of allylic oxidation sites excluding steroid dienone is 12. The minimum atomic E-state index is -0.313. The van der Waals surface area contributed by atoms with Gasteiger partial charge in [0.15, 0.2) is 12.6 Å². The molecule has 0 spiro atoms. The Morgan fingerprint density at radius 2 is 0.662 bits per heavy atom. The molecule has 13 rings (SSSR count). The van der Waals surface area contributed by atoms with Crippen LogP contribution < -0.4 is 40.1 Å². The summed E-state index contributed by atoms with van der Waals surface area (Å²) in [6, 6.07) is 15.7. The fraction of sp³-hybridized carbons (Fsp3) is 0.371. The normalized spacial score (nSPS) is 25.1. The maximum absolute atomic E-state index is 14.6. The SMILES string of the molecule is CC(C)c1cc(OC2CCCCO2)cc(C(C)C)c1N1C(=O)c2cc3c(cc2C1=O)=CC1C=C2/C=C\C4=CC5C=c6cc7c(cc6=CC5C=C4/C=C\C2=CC1C=3)C(=O)N(c1c(C(C)C)cc(OC2CCCCO2)cc1C(C)C)C7=O. The van der Waals surface area contributed by atoms with Gasteiger partial charge in [-0.1, -0.05) is 128 Å². The van der Waals surface area contributed by atoms with Gasteiger partial charge in [0.1, 0.15) is 11.5 Å². The van der Waals surface area contributed by atoms with Crippen molar-refractivity contribution in [3.63, 3.8) is 0 Å². The van der Waals surface area contributed by atoms with Gasteiger partial charge in [-0.05, 0) is 163 Å². The first kappa shape index (κ1) is 52.0. The summed E-state index contributed by atoms with van der Waals surface area (Å²) < 4.78 is 24.6. The number of imide groups is 2. The summed E-state index contributed by atoms with van der Waals surface area (Å²) in [7, 11) is 0. The van der Waals surface area contributed by atoms with Crippen LogP contribution in [0.3, 0.4) is 0 Å². The zero-order chi connectivity index (χ0) is 55.4. The molecule has 6 atom stereocenters. The van der Waals surface area contributed by atoms with Gasteiger partial charge >= 0.3 is 0 Å². The van der Waals surface area contributed by atoms with E-state index in [1.54, 1.807) is 0 Å². The largest absolute Gasteiger partial charge is 0.465 e. The van der Waals surface area contributed by atoms with E-state index < -0.39 is 0 Å². The Morgan fingerprint density at radius 3 is 0.900 bits per heavy atom. The molecule has 4 heterocycles. The van der Waals surface area contributed by atoms with Gasteiger partial charge in [0.05, 0.1) is 46.8 Å². The first-order valence-electron chi connectivity index (χ1n) is 29.3. The zero-order valence-electron chi connectivity index (χ0n) is 47.1. The maximum Gasteiger partial charge on any atom is 0.266 e. The minimum Gasteiger partial charge on any atom is -0.465 e. The van der Waals surface area contributed by atoms with E-state index in [1.165, 1.54) is 9.80 Å². The topological polar surface area (TPSA) is 112 Å².